The lowest BCUT2D eigenvalue weighted by atomic mass is 10.1. The molecule has 0 unspecified atom stereocenters. The van der Waals surface area contributed by atoms with Crippen molar-refractivity contribution in [2.75, 3.05) is 13.7 Å². The van der Waals surface area contributed by atoms with Crippen LogP contribution in [0.1, 0.15) is 5.56 Å². The minimum absolute atomic E-state index is 0.315. The topological polar surface area (TPSA) is 166 Å². The van der Waals surface area contributed by atoms with Crippen LogP contribution in [0.15, 0.2) is 39.9 Å². The molecule has 2 aromatic carbocycles. The third kappa shape index (κ3) is 5.62. The molecule has 2 N–H and O–H groups in total. The molecule has 152 valence electrons. The number of hydrogen-bond donors (Lipinski definition) is 2. The van der Waals surface area contributed by atoms with Crippen LogP contribution in [0.4, 0.5) is 11.4 Å². The first-order chi connectivity index (χ1) is 13.7. The maximum atomic E-state index is 11.8. The molecule has 0 aliphatic carbocycles. The number of nitrogens with one attached hydrogen (secondary N) is 1. The average Bonchev–Trinajstić information content (AvgIpc) is 2.67. The van der Waals surface area contributed by atoms with Crippen molar-refractivity contribution in [2.45, 2.75) is 0 Å². The molecule has 0 bridgehead atoms. The number of phenols is 1. The maximum absolute atomic E-state index is 11.8. The zero-order valence-electron chi connectivity index (χ0n) is 14.7. The zero-order chi connectivity index (χ0) is 21.6. The molecule has 0 aliphatic rings. The fraction of sp³-hybridized carbons (Fsp3) is 0.125. The van der Waals surface area contributed by atoms with Gasteiger partial charge in [-0.25, -0.2) is 5.43 Å². The molecule has 13 heteroatoms. The van der Waals surface area contributed by atoms with Crippen LogP contribution in [-0.4, -0.2) is 40.8 Å². The predicted molar refractivity (Wildman–Crippen MR) is 103 cm³/mol. The van der Waals surface area contributed by atoms with Crippen molar-refractivity contribution in [3.8, 4) is 17.2 Å². The summed E-state index contributed by atoms with van der Waals surface area (Å²) in [6.07, 6.45) is 0.844. The summed E-state index contributed by atoms with van der Waals surface area (Å²) in [5, 5.41) is 35.1. The molecule has 2 aromatic rings. The number of nitro groups is 2. The van der Waals surface area contributed by atoms with Gasteiger partial charge >= 0.3 is 5.69 Å². The summed E-state index contributed by atoms with van der Waals surface area (Å²) in [6.45, 7) is -0.413. The number of phenolic OH excluding ortho intramolecular Hbond substituents is 1. The fourth-order valence-corrected chi connectivity index (χ4v) is 2.52. The van der Waals surface area contributed by atoms with E-state index >= 15 is 0 Å². The molecule has 0 fully saturated rings. The third-order valence-electron chi connectivity index (χ3n) is 3.40. The lowest BCUT2D eigenvalue weighted by molar-refractivity contribution is -0.394. The van der Waals surface area contributed by atoms with Crippen LogP contribution in [0.25, 0.3) is 0 Å². The highest BCUT2D eigenvalue weighted by Crippen LogP contribution is 2.33. The second kappa shape index (κ2) is 9.45. The van der Waals surface area contributed by atoms with E-state index in [2.05, 4.69) is 26.5 Å². The maximum Gasteiger partial charge on any atom is 0.318 e. The van der Waals surface area contributed by atoms with E-state index in [0.717, 1.165) is 12.3 Å². The van der Waals surface area contributed by atoms with E-state index in [-0.39, 0.29) is 5.56 Å². The first-order valence-electron chi connectivity index (χ1n) is 7.67. The van der Waals surface area contributed by atoms with Crippen molar-refractivity contribution in [1.29, 1.82) is 0 Å². The number of amides is 1. The Labute approximate surface area is 171 Å². The van der Waals surface area contributed by atoms with Crippen LogP contribution in [0.2, 0.25) is 0 Å². The Bertz CT molecular complexity index is 995. The van der Waals surface area contributed by atoms with E-state index in [0.29, 0.717) is 22.0 Å². The van der Waals surface area contributed by atoms with Gasteiger partial charge in [0.25, 0.3) is 11.6 Å². The molecule has 0 heterocycles. The molecule has 0 saturated heterocycles. The number of hydrazone groups is 1. The van der Waals surface area contributed by atoms with Crippen LogP contribution >= 0.6 is 15.9 Å². The zero-order valence-corrected chi connectivity index (χ0v) is 16.3. The molecule has 0 aromatic heterocycles. The van der Waals surface area contributed by atoms with Crippen LogP contribution in [0.5, 0.6) is 17.2 Å². The van der Waals surface area contributed by atoms with Crippen LogP contribution in [0.3, 0.4) is 0 Å². The van der Waals surface area contributed by atoms with E-state index in [1.807, 2.05) is 0 Å². The van der Waals surface area contributed by atoms with Crippen LogP contribution in [0, 0.1) is 20.2 Å². The number of benzene rings is 2. The summed E-state index contributed by atoms with van der Waals surface area (Å²) in [4.78, 5) is 31.7. The van der Waals surface area contributed by atoms with Gasteiger partial charge in [-0.1, -0.05) is 0 Å². The highest BCUT2D eigenvalue weighted by Gasteiger charge is 2.23. The van der Waals surface area contributed by atoms with Gasteiger partial charge in [-0.15, -0.1) is 0 Å². The number of rotatable bonds is 8. The van der Waals surface area contributed by atoms with Crippen molar-refractivity contribution in [3.05, 3.63) is 60.6 Å². The molecule has 2 rings (SSSR count). The van der Waals surface area contributed by atoms with E-state index in [1.54, 1.807) is 18.2 Å². The molecular formula is C16H13BrN4O8. The van der Waals surface area contributed by atoms with E-state index in [1.165, 1.54) is 7.11 Å². The van der Waals surface area contributed by atoms with Gasteiger partial charge in [0.2, 0.25) is 5.75 Å². The molecule has 12 nitrogen and oxygen atoms in total. The lowest BCUT2D eigenvalue weighted by Crippen LogP contribution is -2.24. The summed E-state index contributed by atoms with van der Waals surface area (Å²) >= 11 is 3.26. The molecule has 1 amide bonds. The predicted octanol–water partition coefficient (Wildman–Crippen LogP) is 2.51. The number of ether oxygens (including phenoxy) is 2. The van der Waals surface area contributed by atoms with Crippen molar-refractivity contribution in [2.24, 2.45) is 5.10 Å². The minimum atomic E-state index is -0.973. The largest absolute Gasteiger partial charge is 0.502 e. The molecule has 0 atom stereocenters. The average molecular weight is 469 g/mol. The summed E-state index contributed by atoms with van der Waals surface area (Å²) in [7, 11) is 1.50. The summed E-state index contributed by atoms with van der Waals surface area (Å²) in [5.74, 6) is -0.540. The number of nitro benzene ring substituents is 2. The SMILES string of the molecule is COc1ccc(OCC(=O)NN=Cc2cc([N+](=O)[O-])cc([N+](=O)[O-])c2O)c(Br)c1. The van der Waals surface area contributed by atoms with Gasteiger partial charge in [0.15, 0.2) is 6.61 Å². The van der Waals surface area contributed by atoms with Gasteiger partial charge in [-0.05, 0) is 34.1 Å². The normalized spacial score (nSPS) is 10.6. The van der Waals surface area contributed by atoms with Crippen molar-refractivity contribution >= 4 is 39.4 Å². The van der Waals surface area contributed by atoms with Gasteiger partial charge in [-0.3, -0.25) is 25.0 Å². The van der Waals surface area contributed by atoms with Crippen molar-refractivity contribution in [3.63, 3.8) is 0 Å². The smallest absolute Gasteiger partial charge is 0.318 e. The van der Waals surface area contributed by atoms with E-state index < -0.39 is 39.5 Å². The van der Waals surface area contributed by atoms with Gasteiger partial charge in [-0.2, -0.15) is 5.10 Å². The number of carbonyl (C=O) groups is 1. The fourth-order valence-electron chi connectivity index (χ4n) is 2.04. The third-order valence-corrected chi connectivity index (χ3v) is 4.02. The molecule has 0 spiro atoms. The number of non-ortho nitro benzene ring substituents is 1. The van der Waals surface area contributed by atoms with E-state index in [9.17, 15) is 30.1 Å². The number of methoxy groups -OCH3 is 1. The number of nitrogens with zero attached hydrogens (tertiary/aromatic N) is 3. The molecular weight excluding hydrogens is 456 g/mol. The molecule has 0 aliphatic heterocycles. The van der Waals surface area contributed by atoms with Gasteiger partial charge < -0.3 is 14.6 Å². The first-order valence-corrected chi connectivity index (χ1v) is 8.46. The number of halogens is 1. The Morgan fingerprint density at radius 2 is 2.00 bits per heavy atom. The van der Waals surface area contributed by atoms with Crippen molar-refractivity contribution in [1.82, 2.24) is 5.43 Å². The van der Waals surface area contributed by atoms with Gasteiger partial charge in [0, 0.05) is 6.07 Å². The number of carbonyl (C=O) groups excluding carboxylic acids is 1. The van der Waals surface area contributed by atoms with Gasteiger partial charge in [0.05, 0.1) is 39.3 Å². The standard InChI is InChI=1S/C16H13BrN4O8/c1-28-11-2-3-14(12(17)6-11)29-8-15(22)19-18-7-9-4-10(20(24)25)5-13(16(9)23)21(26)27/h2-7,23H,8H2,1H3,(H,19,22). The highest BCUT2D eigenvalue weighted by atomic mass is 79.9. The molecule has 29 heavy (non-hydrogen) atoms. The lowest BCUT2D eigenvalue weighted by Gasteiger charge is -2.08. The minimum Gasteiger partial charge on any atom is -0.502 e. The Morgan fingerprint density at radius 3 is 2.59 bits per heavy atom. The summed E-state index contributed by atoms with van der Waals surface area (Å²) < 4.78 is 10.9. The van der Waals surface area contributed by atoms with Gasteiger partial charge in [0.1, 0.15) is 11.5 Å². The summed E-state index contributed by atoms with van der Waals surface area (Å²) in [5.41, 5.74) is 0.291. The molecule has 0 radical (unpaired) electrons. The summed E-state index contributed by atoms with van der Waals surface area (Å²) in [6, 6.07) is 6.35. The monoisotopic (exact) mass is 468 g/mol. The van der Waals surface area contributed by atoms with Crippen molar-refractivity contribution < 1.29 is 29.2 Å². The Kier molecular flexibility index (Phi) is 7.03. The highest BCUT2D eigenvalue weighted by molar-refractivity contribution is 9.10. The van der Waals surface area contributed by atoms with Crippen LogP contribution < -0.4 is 14.9 Å². The second-order valence-electron chi connectivity index (χ2n) is 5.30. The van der Waals surface area contributed by atoms with E-state index in [4.69, 9.17) is 9.47 Å². The first kappa shape index (κ1) is 21.6. The Hall–Kier alpha value is -3.74. The molecule has 0 saturated carbocycles. The second-order valence-corrected chi connectivity index (χ2v) is 6.15. The number of aromatic hydroxyl groups is 1. The quantitative estimate of drug-likeness (QED) is 0.338. The Morgan fingerprint density at radius 1 is 1.28 bits per heavy atom. The number of hydrogen-bond acceptors (Lipinski definition) is 9. The Balaban J connectivity index is 2.04. The van der Waals surface area contributed by atoms with Crippen LogP contribution in [-0.2, 0) is 4.79 Å².